The molecule has 2 unspecified atom stereocenters. The van der Waals surface area contributed by atoms with E-state index in [2.05, 4.69) is 12.2 Å². The van der Waals surface area contributed by atoms with Crippen molar-refractivity contribution < 1.29 is 14.7 Å². The predicted octanol–water partition coefficient (Wildman–Crippen LogP) is 2.46. The number of hydrogen-bond donors (Lipinski definition) is 2. The zero-order valence-electron chi connectivity index (χ0n) is 12.3. The van der Waals surface area contributed by atoms with E-state index in [0.717, 1.165) is 19.4 Å². The van der Waals surface area contributed by atoms with Gasteiger partial charge in [0, 0.05) is 25.6 Å². The fraction of sp³-hybridized carbons (Fsp3) is 0.867. The fourth-order valence-corrected chi connectivity index (χ4v) is 3.52. The van der Waals surface area contributed by atoms with Crippen LogP contribution in [-0.2, 0) is 4.79 Å². The van der Waals surface area contributed by atoms with Crippen molar-refractivity contribution in [2.75, 3.05) is 13.1 Å². The molecule has 2 N–H and O–H groups in total. The van der Waals surface area contributed by atoms with Crippen LogP contribution in [0.5, 0.6) is 0 Å². The largest absolute Gasteiger partial charge is 0.481 e. The maximum atomic E-state index is 12.3. The summed E-state index contributed by atoms with van der Waals surface area (Å²) in [5, 5.41) is 12.0. The molecule has 0 aromatic carbocycles. The average Bonchev–Trinajstić information content (AvgIpc) is 2.92. The number of hydrogen-bond acceptors (Lipinski definition) is 2. The van der Waals surface area contributed by atoms with Gasteiger partial charge in [0.2, 0.25) is 0 Å². The highest BCUT2D eigenvalue weighted by atomic mass is 16.4. The van der Waals surface area contributed by atoms with Gasteiger partial charge in [-0.1, -0.05) is 12.8 Å². The van der Waals surface area contributed by atoms with Gasteiger partial charge in [0.15, 0.2) is 0 Å². The number of piperidine rings is 1. The molecule has 114 valence electrons. The topological polar surface area (TPSA) is 69.6 Å². The standard InChI is InChI=1S/C15H26N2O3/c1-11(13-6-2-3-7-13)16-15(20)17-8-4-5-12(10-17)9-14(18)19/h11-13H,2-10H2,1H3,(H,16,20)(H,18,19). The summed E-state index contributed by atoms with van der Waals surface area (Å²) in [4.78, 5) is 24.8. The molecule has 2 fully saturated rings. The number of amides is 2. The van der Waals surface area contributed by atoms with Crippen LogP contribution in [0.1, 0.15) is 51.9 Å². The molecule has 2 rings (SSSR count). The van der Waals surface area contributed by atoms with Gasteiger partial charge < -0.3 is 15.3 Å². The van der Waals surface area contributed by atoms with Gasteiger partial charge in [0.05, 0.1) is 0 Å². The van der Waals surface area contributed by atoms with Gasteiger partial charge in [-0.05, 0) is 44.4 Å². The minimum atomic E-state index is -0.767. The Balaban J connectivity index is 1.80. The van der Waals surface area contributed by atoms with E-state index in [1.807, 2.05) is 0 Å². The van der Waals surface area contributed by atoms with Crippen molar-refractivity contribution in [2.24, 2.45) is 11.8 Å². The summed E-state index contributed by atoms with van der Waals surface area (Å²) < 4.78 is 0. The first-order chi connectivity index (χ1) is 9.56. The maximum absolute atomic E-state index is 12.3. The molecule has 1 saturated carbocycles. The van der Waals surface area contributed by atoms with Crippen LogP contribution in [0.3, 0.4) is 0 Å². The Morgan fingerprint density at radius 3 is 2.60 bits per heavy atom. The molecule has 0 spiro atoms. The second kappa shape index (κ2) is 6.95. The summed E-state index contributed by atoms with van der Waals surface area (Å²) in [5.41, 5.74) is 0. The van der Waals surface area contributed by atoms with Crippen molar-refractivity contribution in [1.82, 2.24) is 10.2 Å². The lowest BCUT2D eigenvalue weighted by molar-refractivity contribution is -0.138. The van der Waals surface area contributed by atoms with Gasteiger partial charge in [0.1, 0.15) is 0 Å². The van der Waals surface area contributed by atoms with Gasteiger partial charge in [-0.3, -0.25) is 4.79 Å². The summed E-state index contributed by atoms with van der Waals surface area (Å²) >= 11 is 0. The molecule has 1 heterocycles. The van der Waals surface area contributed by atoms with Crippen LogP contribution in [0.15, 0.2) is 0 Å². The van der Waals surface area contributed by atoms with E-state index in [1.54, 1.807) is 4.90 Å². The van der Waals surface area contributed by atoms with Gasteiger partial charge in [0.25, 0.3) is 0 Å². The normalized spacial score (nSPS) is 25.4. The number of likely N-dealkylation sites (tertiary alicyclic amines) is 1. The second-order valence-electron chi connectivity index (χ2n) is 6.33. The quantitative estimate of drug-likeness (QED) is 0.832. The molecule has 20 heavy (non-hydrogen) atoms. The Morgan fingerprint density at radius 2 is 1.95 bits per heavy atom. The number of aliphatic carboxylic acids is 1. The molecule has 2 atom stereocenters. The van der Waals surface area contributed by atoms with Crippen molar-refractivity contribution >= 4 is 12.0 Å². The molecule has 0 aromatic heterocycles. The number of nitrogens with one attached hydrogen (secondary N) is 1. The van der Waals surface area contributed by atoms with E-state index in [9.17, 15) is 9.59 Å². The average molecular weight is 282 g/mol. The number of carbonyl (C=O) groups is 2. The number of rotatable bonds is 4. The Kier molecular flexibility index (Phi) is 5.26. The number of carbonyl (C=O) groups excluding carboxylic acids is 1. The monoisotopic (exact) mass is 282 g/mol. The smallest absolute Gasteiger partial charge is 0.317 e. The van der Waals surface area contributed by atoms with Gasteiger partial charge in [-0.15, -0.1) is 0 Å². The molecule has 5 nitrogen and oxygen atoms in total. The molecule has 1 saturated heterocycles. The molecule has 1 aliphatic carbocycles. The van der Waals surface area contributed by atoms with E-state index in [0.29, 0.717) is 12.5 Å². The van der Waals surface area contributed by atoms with Crippen LogP contribution < -0.4 is 5.32 Å². The SMILES string of the molecule is CC(NC(=O)N1CCCC(CC(=O)O)C1)C1CCCC1. The van der Waals surface area contributed by atoms with Crippen LogP contribution in [0.25, 0.3) is 0 Å². The Morgan fingerprint density at radius 1 is 1.25 bits per heavy atom. The van der Waals surface area contributed by atoms with Crippen molar-refractivity contribution in [2.45, 2.75) is 57.9 Å². The molecule has 0 bridgehead atoms. The Labute approximate surface area is 120 Å². The zero-order chi connectivity index (χ0) is 14.5. The molecule has 2 amide bonds. The molecule has 0 aromatic rings. The lowest BCUT2D eigenvalue weighted by atomic mass is 9.95. The minimum Gasteiger partial charge on any atom is -0.481 e. The van der Waals surface area contributed by atoms with Crippen LogP contribution in [0, 0.1) is 11.8 Å². The third kappa shape index (κ3) is 4.12. The molecule has 0 radical (unpaired) electrons. The van der Waals surface area contributed by atoms with Gasteiger partial charge >= 0.3 is 12.0 Å². The van der Waals surface area contributed by atoms with Crippen molar-refractivity contribution in [3.05, 3.63) is 0 Å². The van der Waals surface area contributed by atoms with Crippen LogP contribution >= 0.6 is 0 Å². The lowest BCUT2D eigenvalue weighted by Crippen LogP contribution is -2.49. The molecular weight excluding hydrogens is 256 g/mol. The highest BCUT2D eigenvalue weighted by Gasteiger charge is 2.28. The van der Waals surface area contributed by atoms with Crippen molar-refractivity contribution in [3.8, 4) is 0 Å². The summed E-state index contributed by atoms with van der Waals surface area (Å²) in [6.45, 7) is 3.42. The Hall–Kier alpha value is -1.26. The van der Waals surface area contributed by atoms with Gasteiger partial charge in [-0.2, -0.15) is 0 Å². The first kappa shape index (κ1) is 15.1. The first-order valence-corrected chi connectivity index (χ1v) is 7.83. The first-order valence-electron chi connectivity index (χ1n) is 7.83. The second-order valence-corrected chi connectivity index (χ2v) is 6.33. The molecule has 2 aliphatic rings. The Bertz CT molecular complexity index is 353. The summed E-state index contributed by atoms with van der Waals surface area (Å²) in [6, 6.07) is 0.212. The van der Waals surface area contributed by atoms with E-state index in [4.69, 9.17) is 5.11 Å². The highest BCUT2D eigenvalue weighted by Crippen LogP contribution is 2.27. The van der Waals surface area contributed by atoms with E-state index < -0.39 is 5.97 Å². The fourth-order valence-electron chi connectivity index (χ4n) is 3.52. The van der Waals surface area contributed by atoms with E-state index in [-0.39, 0.29) is 24.4 Å². The number of urea groups is 1. The molecule has 5 heteroatoms. The van der Waals surface area contributed by atoms with Crippen LogP contribution in [0.2, 0.25) is 0 Å². The van der Waals surface area contributed by atoms with E-state index in [1.165, 1.54) is 25.7 Å². The van der Waals surface area contributed by atoms with E-state index >= 15 is 0 Å². The van der Waals surface area contributed by atoms with Crippen molar-refractivity contribution in [3.63, 3.8) is 0 Å². The highest BCUT2D eigenvalue weighted by molar-refractivity contribution is 5.75. The number of carboxylic acids is 1. The van der Waals surface area contributed by atoms with Gasteiger partial charge in [-0.25, -0.2) is 4.79 Å². The van der Waals surface area contributed by atoms with Crippen LogP contribution in [0.4, 0.5) is 4.79 Å². The predicted molar refractivity (Wildman–Crippen MR) is 76.5 cm³/mol. The maximum Gasteiger partial charge on any atom is 0.317 e. The minimum absolute atomic E-state index is 0.0144. The zero-order valence-corrected chi connectivity index (χ0v) is 12.3. The number of carboxylic acid groups (broad SMARTS) is 1. The summed E-state index contributed by atoms with van der Waals surface area (Å²) in [5.74, 6) is -0.0519. The molecular formula is C15H26N2O3. The summed E-state index contributed by atoms with van der Waals surface area (Å²) in [7, 11) is 0. The third-order valence-corrected chi connectivity index (χ3v) is 4.73. The molecule has 1 aliphatic heterocycles. The number of nitrogens with zero attached hydrogens (tertiary/aromatic N) is 1. The van der Waals surface area contributed by atoms with Crippen molar-refractivity contribution in [1.29, 1.82) is 0 Å². The van der Waals surface area contributed by atoms with Crippen LogP contribution in [-0.4, -0.2) is 41.1 Å². The summed E-state index contributed by atoms with van der Waals surface area (Å²) in [6.07, 6.45) is 6.95. The third-order valence-electron chi connectivity index (χ3n) is 4.73. The lowest BCUT2D eigenvalue weighted by Gasteiger charge is -2.33.